The Morgan fingerprint density at radius 1 is 1.03 bits per heavy atom. The van der Waals surface area contributed by atoms with Crippen molar-refractivity contribution < 1.29 is 17.9 Å². The number of hydrazone groups is 1. The zero-order chi connectivity index (χ0) is 23.8. The van der Waals surface area contributed by atoms with Crippen LogP contribution in [0.1, 0.15) is 12.5 Å². The first-order valence-electron chi connectivity index (χ1n) is 9.88. The second kappa shape index (κ2) is 11.2. The molecule has 0 unspecified atom stereocenters. The number of anilines is 1. The van der Waals surface area contributed by atoms with Crippen molar-refractivity contribution >= 4 is 51.0 Å². The second-order valence-electron chi connectivity index (χ2n) is 6.75. The summed E-state index contributed by atoms with van der Waals surface area (Å²) in [6.45, 7) is 1.92. The highest BCUT2D eigenvalue weighted by molar-refractivity contribution is 7.92. The highest BCUT2D eigenvalue weighted by atomic mass is 35.5. The van der Waals surface area contributed by atoms with Gasteiger partial charge in [-0.1, -0.05) is 41.4 Å². The molecule has 0 saturated heterocycles. The summed E-state index contributed by atoms with van der Waals surface area (Å²) in [5.41, 5.74) is 3.24. The monoisotopic (exact) mass is 505 g/mol. The minimum Gasteiger partial charge on any atom is -0.494 e. The second-order valence-corrected chi connectivity index (χ2v) is 9.48. The van der Waals surface area contributed by atoms with Crippen LogP contribution in [0.15, 0.2) is 82.8 Å². The zero-order valence-corrected chi connectivity index (χ0v) is 19.9. The number of benzene rings is 3. The molecule has 10 heteroatoms. The number of halogens is 2. The molecule has 0 fully saturated rings. The fourth-order valence-corrected chi connectivity index (χ4v) is 4.82. The van der Waals surface area contributed by atoms with Crippen molar-refractivity contribution in [2.75, 3.05) is 17.5 Å². The van der Waals surface area contributed by atoms with Crippen molar-refractivity contribution in [1.82, 2.24) is 5.43 Å². The number of ether oxygens (including phenoxy) is 1. The molecule has 1 amide bonds. The van der Waals surface area contributed by atoms with Crippen molar-refractivity contribution in [3.05, 3.63) is 88.4 Å². The number of amides is 1. The maximum Gasteiger partial charge on any atom is 0.264 e. The average Bonchev–Trinajstić information content (AvgIpc) is 2.78. The average molecular weight is 506 g/mol. The lowest BCUT2D eigenvalue weighted by molar-refractivity contribution is -0.119. The summed E-state index contributed by atoms with van der Waals surface area (Å²) in [4.78, 5) is 12.6. The molecule has 0 radical (unpaired) electrons. The van der Waals surface area contributed by atoms with Gasteiger partial charge in [0.1, 0.15) is 12.3 Å². The summed E-state index contributed by atoms with van der Waals surface area (Å²) >= 11 is 12.1. The van der Waals surface area contributed by atoms with Crippen molar-refractivity contribution in [3.8, 4) is 5.75 Å². The van der Waals surface area contributed by atoms with Crippen LogP contribution in [-0.2, 0) is 14.8 Å². The van der Waals surface area contributed by atoms with E-state index < -0.39 is 22.5 Å². The van der Waals surface area contributed by atoms with E-state index in [9.17, 15) is 13.2 Å². The number of carbonyl (C=O) groups is 1. The molecule has 0 spiro atoms. The predicted octanol–water partition coefficient (Wildman–Crippen LogP) is 4.74. The fraction of sp³-hybridized carbons (Fsp3) is 0.130. The third-order valence-corrected chi connectivity index (χ3v) is 6.57. The Hall–Kier alpha value is -3.07. The largest absolute Gasteiger partial charge is 0.494 e. The third-order valence-electron chi connectivity index (χ3n) is 4.35. The normalized spacial score (nSPS) is 11.4. The van der Waals surface area contributed by atoms with Gasteiger partial charge in [0.05, 0.1) is 23.4 Å². The molecule has 3 rings (SSSR count). The molecule has 3 aromatic rings. The highest BCUT2D eigenvalue weighted by Crippen LogP contribution is 2.29. The van der Waals surface area contributed by atoms with E-state index in [2.05, 4.69) is 10.5 Å². The van der Waals surface area contributed by atoms with Crippen LogP contribution in [0.2, 0.25) is 10.0 Å². The minimum atomic E-state index is -4.08. The van der Waals surface area contributed by atoms with Gasteiger partial charge in [0.2, 0.25) is 0 Å². The first-order chi connectivity index (χ1) is 15.8. The molecular weight excluding hydrogens is 485 g/mol. The number of hydrogen-bond acceptors (Lipinski definition) is 5. The van der Waals surface area contributed by atoms with Gasteiger partial charge in [-0.15, -0.1) is 0 Å². The number of carbonyl (C=O) groups excluding carboxylic acids is 1. The van der Waals surface area contributed by atoms with Crippen LogP contribution in [-0.4, -0.2) is 33.7 Å². The molecule has 33 heavy (non-hydrogen) atoms. The lowest BCUT2D eigenvalue weighted by Crippen LogP contribution is -2.39. The quantitative estimate of drug-likeness (QED) is 0.336. The molecule has 7 nitrogen and oxygen atoms in total. The maximum atomic E-state index is 13.3. The van der Waals surface area contributed by atoms with E-state index in [4.69, 9.17) is 27.9 Å². The molecule has 0 saturated carbocycles. The Morgan fingerprint density at radius 2 is 1.67 bits per heavy atom. The number of nitrogens with zero attached hydrogens (tertiary/aromatic N) is 2. The van der Waals surface area contributed by atoms with Crippen molar-refractivity contribution in [2.24, 2.45) is 5.10 Å². The standard InChI is InChI=1S/C23H21Cl2N3O4S/c1-2-32-21-10-8-17(9-11-21)15-26-27-23(29)16-28(20-13-18(24)12-19(25)14-20)33(30,31)22-6-4-3-5-7-22/h3-15H,2,16H2,1H3,(H,27,29)/b26-15-. The number of hydrogen-bond donors (Lipinski definition) is 1. The Balaban J connectivity index is 1.80. The zero-order valence-electron chi connectivity index (χ0n) is 17.6. The van der Waals surface area contributed by atoms with Crippen LogP contribution in [0.4, 0.5) is 5.69 Å². The minimum absolute atomic E-state index is 0.0202. The van der Waals surface area contributed by atoms with Gasteiger partial charge in [-0.3, -0.25) is 9.10 Å². The van der Waals surface area contributed by atoms with Crippen LogP contribution in [0.3, 0.4) is 0 Å². The molecule has 0 heterocycles. The Kier molecular flexibility index (Phi) is 8.32. The summed E-state index contributed by atoms with van der Waals surface area (Å²) in [6.07, 6.45) is 1.44. The summed E-state index contributed by atoms with van der Waals surface area (Å²) in [7, 11) is -4.08. The van der Waals surface area contributed by atoms with Crippen molar-refractivity contribution in [2.45, 2.75) is 11.8 Å². The molecule has 0 aromatic heterocycles. The highest BCUT2D eigenvalue weighted by Gasteiger charge is 2.27. The molecule has 0 aliphatic carbocycles. The third kappa shape index (κ3) is 6.71. The number of sulfonamides is 1. The number of nitrogens with one attached hydrogen (secondary N) is 1. The first-order valence-corrected chi connectivity index (χ1v) is 12.1. The van der Waals surface area contributed by atoms with Crippen LogP contribution in [0, 0.1) is 0 Å². The van der Waals surface area contributed by atoms with Gasteiger partial charge in [0.15, 0.2) is 0 Å². The van der Waals surface area contributed by atoms with E-state index in [1.807, 2.05) is 6.92 Å². The molecular formula is C23H21Cl2N3O4S. The van der Waals surface area contributed by atoms with Gasteiger partial charge in [-0.05, 0) is 67.1 Å². The predicted molar refractivity (Wildman–Crippen MR) is 131 cm³/mol. The van der Waals surface area contributed by atoms with E-state index in [1.165, 1.54) is 36.5 Å². The molecule has 0 atom stereocenters. The maximum absolute atomic E-state index is 13.3. The lowest BCUT2D eigenvalue weighted by Gasteiger charge is -2.24. The first kappa shape index (κ1) is 24.6. The van der Waals surface area contributed by atoms with E-state index in [-0.39, 0.29) is 20.6 Å². The molecule has 0 aliphatic heterocycles. The van der Waals surface area contributed by atoms with E-state index in [1.54, 1.807) is 42.5 Å². The molecule has 3 aromatic carbocycles. The fourth-order valence-electron chi connectivity index (χ4n) is 2.88. The van der Waals surface area contributed by atoms with E-state index in [0.717, 1.165) is 15.6 Å². The molecule has 0 bridgehead atoms. The van der Waals surface area contributed by atoms with Gasteiger partial charge in [-0.2, -0.15) is 5.10 Å². The Labute approximate surface area is 202 Å². The number of rotatable bonds is 9. The van der Waals surface area contributed by atoms with Gasteiger partial charge in [-0.25, -0.2) is 13.8 Å². The lowest BCUT2D eigenvalue weighted by atomic mass is 10.2. The van der Waals surface area contributed by atoms with Gasteiger partial charge >= 0.3 is 0 Å². The molecule has 172 valence electrons. The topological polar surface area (TPSA) is 88.1 Å². The molecule has 1 N–H and O–H groups in total. The van der Waals surface area contributed by atoms with Crippen molar-refractivity contribution in [1.29, 1.82) is 0 Å². The van der Waals surface area contributed by atoms with Crippen LogP contribution in [0.25, 0.3) is 0 Å². The summed E-state index contributed by atoms with van der Waals surface area (Å²) in [5, 5.41) is 4.39. The van der Waals surface area contributed by atoms with Crippen LogP contribution >= 0.6 is 23.2 Å². The Bertz CT molecular complexity index is 1210. The van der Waals surface area contributed by atoms with Gasteiger partial charge < -0.3 is 4.74 Å². The van der Waals surface area contributed by atoms with E-state index in [0.29, 0.717) is 6.61 Å². The Morgan fingerprint density at radius 3 is 2.27 bits per heavy atom. The van der Waals surface area contributed by atoms with Gasteiger partial charge in [0, 0.05) is 10.0 Å². The summed E-state index contributed by atoms with van der Waals surface area (Å²) < 4.78 is 32.9. The summed E-state index contributed by atoms with van der Waals surface area (Å²) in [5.74, 6) is 0.0772. The SMILES string of the molecule is CCOc1ccc(/C=N\NC(=O)CN(c2cc(Cl)cc(Cl)c2)S(=O)(=O)c2ccccc2)cc1. The van der Waals surface area contributed by atoms with Crippen LogP contribution in [0.5, 0.6) is 5.75 Å². The molecule has 0 aliphatic rings. The summed E-state index contributed by atoms with van der Waals surface area (Å²) in [6, 6.07) is 19.2. The smallest absolute Gasteiger partial charge is 0.264 e. The van der Waals surface area contributed by atoms with Crippen molar-refractivity contribution in [3.63, 3.8) is 0 Å². The van der Waals surface area contributed by atoms with Crippen LogP contribution < -0.4 is 14.5 Å². The van der Waals surface area contributed by atoms with Gasteiger partial charge in [0.25, 0.3) is 15.9 Å². The van der Waals surface area contributed by atoms with E-state index >= 15 is 0 Å².